The van der Waals surface area contributed by atoms with Crippen molar-refractivity contribution in [3.05, 3.63) is 60.6 Å². The van der Waals surface area contributed by atoms with E-state index < -0.39 is 0 Å². The summed E-state index contributed by atoms with van der Waals surface area (Å²) in [7, 11) is 2.10. The van der Waals surface area contributed by atoms with Crippen molar-refractivity contribution in [2.24, 2.45) is 0 Å². The molecule has 3 rings (SSSR count). The molecule has 0 aromatic carbocycles. The van der Waals surface area contributed by atoms with Crippen LogP contribution >= 0.6 is 0 Å². The molecule has 0 aliphatic heterocycles. The lowest BCUT2D eigenvalue weighted by Gasteiger charge is -2.16. The maximum Gasteiger partial charge on any atom is 0.155 e. The molecule has 0 unspecified atom stereocenters. The molecule has 0 saturated heterocycles. The molecular formula is C14H15N5. The Morgan fingerprint density at radius 1 is 1.05 bits per heavy atom. The van der Waals surface area contributed by atoms with Gasteiger partial charge in [0.2, 0.25) is 0 Å². The SMILES string of the molecule is CN(Cc1ccncc1)Cc1cnc2cnccn12. The van der Waals surface area contributed by atoms with Crippen molar-refractivity contribution in [1.82, 2.24) is 24.3 Å². The molecular weight excluding hydrogens is 238 g/mol. The van der Waals surface area contributed by atoms with E-state index >= 15 is 0 Å². The molecule has 0 saturated carbocycles. The second-order valence-corrected chi connectivity index (χ2v) is 4.58. The molecule has 3 aromatic rings. The summed E-state index contributed by atoms with van der Waals surface area (Å²) >= 11 is 0. The first-order chi connectivity index (χ1) is 9.33. The van der Waals surface area contributed by atoms with Crippen molar-refractivity contribution in [2.45, 2.75) is 13.1 Å². The van der Waals surface area contributed by atoms with Gasteiger partial charge in [-0.3, -0.25) is 19.3 Å². The molecule has 5 heteroatoms. The van der Waals surface area contributed by atoms with E-state index in [0.29, 0.717) is 0 Å². The van der Waals surface area contributed by atoms with Gasteiger partial charge in [0.25, 0.3) is 0 Å². The fourth-order valence-corrected chi connectivity index (χ4v) is 2.14. The predicted octanol–water partition coefficient (Wildman–Crippen LogP) is 1.76. The van der Waals surface area contributed by atoms with Crippen molar-refractivity contribution < 1.29 is 0 Å². The first-order valence-electron chi connectivity index (χ1n) is 6.16. The summed E-state index contributed by atoms with van der Waals surface area (Å²) in [6.07, 6.45) is 11.0. The standard InChI is InChI=1S/C14H15N5/c1-18(10-12-2-4-15-5-3-12)11-13-8-17-14-9-16-6-7-19(13)14/h2-9H,10-11H2,1H3. The second kappa shape index (κ2) is 5.16. The molecule has 5 nitrogen and oxygen atoms in total. The lowest BCUT2D eigenvalue weighted by atomic mass is 10.2. The predicted molar refractivity (Wildman–Crippen MR) is 72.4 cm³/mol. The van der Waals surface area contributed by atoms with Crippen LogP contribution in [0, 0.1) is 0 Å². The highest BCUT2D eigenvalue weighted by Gasteiger charge is 2.06. The quantitative estimate of drug-likeness (QED) is 0.710. The third-order valence-corrected chi connectivity index (χ3v) is 3.03. The Bertz CT molecular complexity index is 662. The fourth-order valence-electron chi connectivity index (χ4n) is 2.14. The Labute approximate surface area is 111 Å². The van der Waals surface area contributed by atoms with Crippen LogP contribution in [0.4, 0.5) is 0 Å². The van der Waals surface area contributed by atoms with Gasteiger partial charge in [0.1, 0.15) is 0 Å². The Morgan fingerprint density at radius 3 is 2.74 bits per heavy atom. The van der Waals surface area contributed by atoms with E-state index in [4.69, 9.17) is 0 Å². The first kappa shape index (κ1) is 11.8. The van der Waals surface area contributed by atoms with Gasteiger partial charge in [-0.25, -0.2) is 4.98 Å². The lowest BCUT2D eigenvalue weighted by Crippen LogP contribution is -2.18. The van der Waals surface area contributed by atoms with Gasteiger partial charge in [-0.1, -0.05) is 0 Å². The monoisotopic (exact) mass is 253 g/mol. The molecule has 96 valence electrons. The molecule has 3 heterocycles. The highest BCUT2D eigenvalue weighted by molar-refractivity contribution is 5.36. The van der Waals surface area contributed by atoms with Crippen LogP contribution in [0.15, 0.2) is 49.3 Å². The zero-order valence-electron chi connectivity index (χ0n) is 10.8. The summed E-state index contributed by atoms with van der Waals surface area (Å²) in [5.41, 5.74) is 3.30. The molecule has 0 N–H and O–H groups in total. The maximum absolute atomic E-state index is 4.34. The third-order valence-electron chi connectivity index (χ3n) is 3.03. The minimum Gasteiger partial charge on any atom is -0.300 e. The van der Waals surface area contributed by atoms with Crippen molar-refractivity contribution >= 4 is 5.65 Å². The third kappa shape index (κ3) is 2.61. The summed E-state index contributed by atoms with van der Waals surface area (Å²) in [6.45, 7) is 1.73. The molecule has 3 aromatic heterocycles. The van der Waals surface area contributed by atoms with Crippen LogP contribution in [-0.4, -0.2) is 31.3 Å². The zero-order chi connectivity index (χ0) is 13.1. The number of hydrogen-bond donors (Lipinski definition) is 0. The lowest BCUT2D eigenvalue weighted by molar-refractivity contribution is 0.314. The van der Waals surface area contributed by atoms with Gasteiger partial charge < -0.3 is 0 Å². The molecule has 0 radical (unpaired) electrons. The van der Waals surface area contributed by atoms with E-state index in [0.717, 1.165) is 24.4 Å². The Hall–Kier alpha value is -2.27. The molecule has 19 heavy (non-hydrogen) atoms. The summed E-state index contributed by atoms with van der Waals surface area (Å²) in [6, 6.07) is 4.07. The summed E-state index contributed by atoms with van der Waals surface area (Å²) in [4.78, 5) is 14.7. The van der Waals surface area contributed by atoms with Gasteiger partial charge in [-0.2, -0.15) is 0 Å². The van der Waals surface area contributed by atoms with Crippen molar-refractivity contribution in [1.29, 1.82) is 0 Å². The van der Waals surface area contributed by atoms with Gasteiger partial charge in [-0.05, 0) is 24.7 Å². The van der Waals surface area contributed by atoms with Crippen LogP contribution in [0.3, 0.4) is 0 Å². The largest absolute Gasteiger partial charge is 0.300 e. The van der Waals surface area contributed by atoms with E-state index in [1.54, 1.807) is 12.4 Å². The number of rotatable bonds is 4. The summed E-state index contributed by atoms with van der Waals surface area (Å²) in [5, 5.41) is 0. The average Bonchev–Trinajstić information content (AvgIpc) is 2.83. The van der Waals surface area contributed by atoms with E-state index in [2.05, 4.69) is 31.3 Å². The van der Waals surface area contributed by atoms with Gasteiger partial charge in [0.05, 0.1) is 18.1 Å². The number of pyridine rings is 1. The maximum atomic E-state index is 4.34. The minimum atomic E-state index is 0.841. The highest BCUT2D eigenvalue weighted by atomic mass is 15.1. The van der Waals surface area contributed by atoms with E-state index in [-0.39, 0.29) is 0 Å². The molecule has 0 fully saturated rings. The smallest absolute Gasteiger partial charge is 0.155 e. The topological polar surface area (TPSA) is 46.3 Å². The van der Waals surface area contributed by atoms with Crippen LogP contribution in [-0.2, 0) is 13.1 Å². The van der Waals surface area contributed by atoms with E-state index in [1.807, 2.05) is 36.9 Å². The first-order valence-corrected chi connectivity index (χ1v) is 6.16. The van der Waals surface area contributed by atoms with Crippen LogP contribution in [0.5, 0.6) is 0 Å². The number of imidazole rings is 1. The zero-order valence-corrected chi connectivity index (χ0v) is 10.8. The van der Waals surface area contributed by atoms with E-state index in [9.17, 15) is 0 Å². The van der Waals surface area contributed by atoms with Crippen molar-refractivity contribution in [3.63, 3.8) is 0 Å². The number of hydrogen-bond acceptors (Lipinski definition) is 4. The highest BCUT2D eigenvalue weighted by Crippen LogP contribution is 2.09. The number of nitrogens with zero attached hydrogens (tertiary/aromatic N) is 5. The molecule has 0 atom stereocenters. The average molecular weight is 253 g/mol. The Morgan fingerprint density at radius 2 is 1.89 bits per heavy atom. The second-order valence-electron chi connectivity index (χ2n) is 4.58. The Kier molecular flexibility index (Phi) is 3.20. The van der Waals surface area contributed by atoms with Crippen molar-refractivity contribution in [3.8, 4) is 0 Å². The van der Waals surface area contributed by atoms with Gasteiger partial charge >= 0.3 is 0 Å². The van der Waals surface area contributed by atoms with Crippen LogP contribution < -0.4 is 0 Å². The molecule has 0 aliphatic rings. The molecule has 0 bridgehead atoms. The van der Waals surface area contributed by atoms with Crippen LogP contribution in [0.1, 0.15) is 11.3 Å². The molecule has 0 spiro atoms. The van der Waals surface area contributed by atoms with Crippen LogP contribution in [0.25, 0.3) is 5.65 Å². The normalized spacial score (nSPS) is 11.3. The number of fused-ring (bicyclic) bond motifs is 1. The van der Waals surface area contributed by atoms with Crippen molar-refractivity contribution in [2.75, 3.05) is 7.05 Å². The minimum absolute atomic E-state index is 0.841. The summed E-state index contributed by atoms with van der Waals surface area (Å²) < 4.78 is 2.07. The Balaban J connectivity index is 1.74. The van der Waals surface area contributed by atoms with Gasteiger partial charge in [0.15, 0.2) is 5.65 Å². The summed E-state index contributed by atoms with van der Waals surface area (Å²) in [5.74, 6) is 0. The van der Waals surface area contributed by atoms with Gasteiger partial charge in [-0.15, -0.1) is 0 Å². The van der Waals surface area contributed by atoms with Gasteiger partial charge in [0, 0.05) is 37.9 Å². The fraction of sp³-hybridized carbons (Fsp3) is 0.214. The number of aromatic nitrogens is 4. The van der Waals surface area contributed by atoms with Crippen LogP contribution in [0.2, 0.25) is 0 Å². The molecule has 0 aliphatic carbocycles. The molecule has 0 amide bonds. The van der Waals surface area contributed by atoms with E-state index in [1.165, 1.54) is 5.56 Å².